The Morgan fingerprint density at radius 3 is 1.71 bits per heavy atom. The summed E-state index contributed by atoms with van der Waals surface area (Å²) in [5.74, 6) is -2.62. The molecule has 0 radical (unpaired) electrons. The molecule has 0 aromatic heterocycles. The van der Waals surface area contributed by atoms with E-state index < -0.39 is 46.8 Å². The van der Waals surface area contributed by atoms with E-state index in [9.17, 15) is 24.0 Å². The summed E-state index contributed by atoms with van der Waals surface area (Å²) in [6.45, 7) is 2.39. The molecule has 4 rings (SSSR count). The molecule has 2 aromatic rings. The summed E-state index contributed by atoms with van der Waals surface area (Å²) in [5, 5.41) is 10.8. The van der Waals surface area contributed by atoms with Gasteiger partial charge in [-0.3, -0.25) is 19.2 Å². The van der Waals surface area contributed by atoms with E-state index in [1.165, 1.54) is 12.8 Å². The number of carboxylic acids is 1. The molecular weight excluding hydrogens is 635 g/mol. The number of hydrogen-bond acceptors (Lipinski definition) is 11. The van der Waals surface area contributed by atoms with Crippen molar-refractivity contribution in [2.75, 3.05) is 13.2 Å². The molecule has 13 nitrogen and oxygen atoms in total. The van der Waals surface area contributed by atoms with E-state index in [2.05, 4.69) is 33.3 Å². The summed E-state index contributed by atoms with van der Waals surface area (Å²) in [4.78, 5) is 64.0. The SMILES string of the molecule is C1CCOC1.N[C@H](CCC(=O)OCc1ccccc1)C(=O)O.O=C(CC[C@H]1NC(=O)OC1=O)OCc1ccccc1.O=C(Cl)Cl. The predicted molar refractivity (Wildman–Crippen MR) is 162 cm³/mol. The van der Waals surface area contributed by atoms with E-state index in [1.54, 1.807) is 0 Å². The second-order valence-electron chi connectivity index (χ2n) is 9.27. The Morgan fingerprint density at radius 2 is 1.33 bits per heavy atom. The van der Waals surface area contributed by atoms with Gasteiger partial charge in [-0.25, -0.2) is 9.59 Å². The summed E-state index contributed by atoms with van der Waals surface area (Å²) in [6, 6.07) is 16.8. The number of carboxylic acid groups (broad SMARTS) is 1. The highest BCUT2D eigenvalue weighted by atomic mass is 35.5. The zero-order chi connectivity index (χ0) is 33.5. The van der Waals surface area contributed by atoms with Gasteiger partial charge in [0.1, 0.15) is 25.3 Å². The normalized spacial score (nSPS) is 15.2. The van der Waals surface area contributed by atoms with Crippen molar-refractivity contribution >= 4 is 57.9 Å². The standard InChI is InChI=1S/C13H13NO5.C12H15NO4.C4H8O.CCl2O/c15-11(18-8-9-4-2-1-3-5-9)7-6-10-12(16)19-13(17)14-10;13-10(12(15)16)6-7-11(14)17-8-9-4-2-1-3-5-9;1-2-4-5-3-1;2-1(3)4/h1-5,10H,6-8H2,(H,14,17);1-5,10H,6-8,13H2,(H,15,16);1-4H2;/t2*10-;;/m11../s1. The average molecular weight is 672 g/mol. The summed E-state index contributed by atoms with van der Waals surface area (Å²) in [7, 11) is 0. The number of nitrogens with one attached hydrogen (secondary N) is 1. The van der Waals surface area contributed by atoms with Gasteiger partial charge in [0.05, 0.1) is 0 Å². The van der Waals surface area contributed by atoms with Gasteiger partial charge >= 0.3 is 34.7 Å². The molecule has 1 amide bonds. The number of carbonyl (C=O) groups excluding carboxylic acids is 5. The van der Waals surface area contributed by atoms with E-state index in [1.807, 2.05) is 60.7 Å². The molecule has 0 bridgehead atoms. The first-order chi connectivity index (χ1) is 21.5. The molecule has 0 saturated carbocycles. The molecule has 0 aliphatic carbocycles. The van der Waals surface area contributed by atoms with Gasteiger partial charge in [-0.1, -0.05) is 60.7 Å². The first-order valence-electron chi connectivity index (χ1n) is 13.8. The molecule has 246 valence electrons. The zero-order valence-electron chi connectivity index (χ0n) is 24.4. The van der Waals surface area contributed by atoms with E-state index in [-0.39, 0.29) is 38.9 Å². The second-order valence-corrected chi connectivity index (χ2v) is 10.1. The number of carbonyl (C=O) groups is 6. The molecular formula is C30H36Cl2N2O11. The van der Waals surface area contributed by atoms with E-state index >= 15 is 0 Å². The maximum Gasteiger partial charge on any atom is 0.415 e. The van der Waals surface area contributed by atoms with E-state index in [0.29, 0.717) is 0 Å². The number of halogens is 2. The minimum atomic E-state index is -1.11. The molecule has 2 atom stereocenters. The fourth-order valence-corrected chi connectivity index (χ4v) is 3.37. The van der Waals surface area contributed by atoms with Crippen LogP contribution in [0.3, 0.4) is 0 Å². The van der Waals surface area contributed by atoms with E-state index in [4.69, 9.17) is 29.8 Å². The number of nitrogens with two attached hydrogens (primary N) is 1. The number of cyclic esters (lactones) is 2. The molecule has 2 aromatic carbocycles. The molecule has 2 aliphatic heterocycles. The van der Waals surface area contributed by atoms with Crippen LogP contribution in [0.5, 0.6) is 0 Å². The Bertz CT molecular complexity index is 1200. The van der Waals surface area contributed by atoms with Crippen molar-refractivity contribution in [3.8, 4) is 0 Å². The molecule has 15 heteroatoms. The molecule has 0 spiro atoms. The van der Waals surface area contributed by atoms with Crippen LogP contribution in [0.1, 0.15) is 49.7 Å². The van der Waals surface area contributed by atoms with Crippen molar-refractivity contribution in [1.29, 1.82) is 0 Å². The summed E-state index contributed by atoms with van der Waals surface area (Å²) < 4.78 is 18.4. The molecule has 2 heterocycles. The first kappa shape index (κ1) is 39.0. The third-order valence-electron chi connectivity index (χ3n) is 5.70. The minimum Gasteiger partial charge on any atom is -0.480 e. The van der Waals surface area contributed by atoms with Crippen molar-refractivity contribution in [3.05, 3.63) is 71.8 Å². The number of alkyl carbamates (subject to hydrolysis) is 1. The predicted octanol–water partition coefficient (Wildman–Crippen LogP) is 4.45. The van der Waals surface area contributed by atoms with Gasteiger partial charge in [-0.05, 0) is 60.0 Å². The van der Waals surface area contributed by atoms with Crippen LogP contribution in [0.2, 0.25) is 0 Å². The molecule has 2 fully saturated rings. The number of rotatable bonds is 11. The number of ether oxygens (including phenoxy) is 4. The maximum absolute atomic E-state index is 11.5. The lowest BCUT2D eigenvalue weighted by atomic mass is 10.1. The second kappa shape index (κ2) is 23.4. The fourth-order valence-electron chi connectivity index (χ4n) is 3.37. The molecule has 0 unspecified atom stereocenters. The van der Waals surface area contributed by atoms with Crippen LogP contribution in [0.4, 0.5) is 9.59 Å². The van der Waals surface area contributed by atoms with Crippen LogP contribution in [-0.4, -0.2) is 65.1 Å². The van der Waals surface area contributed by atoms with Crippen LogP contribution in [0, 0.1) is 0 Å². The highest BCUT2D eigenvalue weighted by molar-refractivity contribution is 6.93. The average Bonchev–Trinajstić information content (AvgIpc) is 3.71. The number of aliphatic carboxylic acids is 1. The Kier molecular flexibility index (Phi) is 20.2. The molecule has 4 N–H and O–H groups in total. The smallest absolute Gasteiger partial charge is 0.415 e. The monoisotopic (exact) mass is 670 g/mol. The van der Waals surface area contributed by atoms with Crippen molar-refractivity contribution in [3.63, 3.8) is 0 Å². The van der Waals surface area contributed by atoms with Gasteiger partial charge in [0, 0.05) is 26.1 Å². The number of benzene rings is 2. The van der Waals surface area contributed by atoms with E-state index in [0.717, 1.165) is 24.3 Å². The Balaban J connectivity index is 0.000000354. The number of hydrogen-bond donors (Lipinski definition) is 3. The van der Waals surface area contributed by atoms with Crippen LogP contribution < -0.4 is 11.1 Å². The molecule has 2 saturated heterocycles. The van der Waals surface area contributed by atoms with Gasteiger partial charge in [0.15, 0.2) is 0 Å². The van der Waals surface area contributed by atoms with Crippen LogP contribution >= 0.6 is 23.2 Å². The van der Waals surface area contributed by atoms with Crippen molar-refractivity contribution in [2.24, 2.45) is 5.73 Å². The van der Waals surface area contributed by atoms with Crippen molar-refractivity contribution < 1.29 is 52.8 Å². The van der Waals surface area contributed by atoms with Gasteiger partial charge in [0.2, 0.25) is 0 Å². The van der Waals surface area contributed by atoms with Gasteiger partial charge in [-0.2, -0.15) is 0 Å². The molecule has 2 aliphatic rings. The lowest BCUT2D eigenvalue weighted by Crippen LogP contribution is -2.30. The first-order valence-corrected chi connectivity index (χ1v) is 14.6. The quantitative estimate of drug-likeness (QED) is 0.132. The lowest BCUT2D eigenvalue weighted by molar-refractivity contribution is -0.146. The number of esters is 3. The highest BCUT2D eigenvalue weighted by Crippen LogP contribution is 2.09. The third kappa shape index (κ3) is 20.5. The van der Waals surface area contributed by atoms with Crippen molar-refractivity contribution in [1.82, 2.24) is 5.32 Å². The zero-order valence-corrected chi connectivity index (χ0v) is 25.9. The topological polar surface area (TPSA) is 198 Å². The highest BCUT2D eigenvalue weighted by Gasteiger charge is 2.32. The fraction of sp³-hybridized carbons (Fsp3) is 0.400. The Labute approximate surface area is 270 Å². The third-order valence-corrected chi connectivity index (χ3v) is 5.70. The van der Waals surface area contributed by atoms with Gasteiger partial charge in [0.25, 0.3) is 0 Å². The molecule has 45 heavy (non-hydrogen) atoms. The maximum atomic E-state index is 11.5. The van der Waals surface area contributed by atoms with Crippen molar-refractivity contribution in [2.45, 2.75) is 63.8 Å². The van der Waals surface area contributed by atoms with Gasteiger partial charge in [-0.15, -0.1) is 0 Å². The van der Waals surface area contributed by atoms with Crippen LogP contribution in [-0.2, 0) is 51.3 Å². The lowest BCUT2D eigenvalue weighted by Gasteiger charge is -2.07. The van der Waals surface area contributed by atoms with Gasteiger partial charge < -0.3 is 35.1 Å². The largest absolute Gasteiger partial charge is 0.480 e. The minimum absolute atomic E-state index is 0.0142. The Morgan fingerprint density at radius 1 is 0.867 bits per heavy atom. The van der Waals surface area contributed by atoms with Crippen LogP contribution in [0.25, 0.3) is 0 Å². The Hall–Kier alpha value is -4.04. The summed E-state index contributed by atoms with van der Waals surface area (Å²) in [5.41, 5.74) is 7.05. The summed E-state index contributed by atoms with van der Waals surface area (Å²) >= 11 is 8.80. The number of amides is 1. The van der Waals surface area contributed by atoms with Crippen LogP contribution in [0.15, 0.2) is 60.7 Å². The summed E-state index contributed by atoms with van der Waals surface area (Å²) in [6.07, 6.45) is 2.11.